The Morgan fingerprint density at radius 2 is 1.59 bits per heavy atom. The maximum Gasteiger partial charge on any atom is 0.161 e. The van der Waals surface area contributed by atoms with Crippen LogP contribution in [0.4, 0.5) is 0 Å². The fraction of sp³-hybridized carbons (Fsp3) is 0.276. The van der Waals surface area contributed by atoms with Gasteiger partial charge >= 0.3 is 0 Å². The van der Waals surface area contributed by atoms with Gasteiger partial charge in [0.25, 0.3) is 0 Å². The molecule has 0 amide bonds. The highest BCUT2D eigenvalue weighted by molar-refractivity contribution is 5.97. The van der Waals surface area contributed by atoms with Crippen molar-refractivity contribution < 1.29 is 9.47 Å². The van der Waals surface area contributed by atoms with Crippen LogP contribution in [-0.2, 0) is 12.8 Å². The first-order chi connectivity index (χ1) is 15.8. The van der Waals surface area contributed by atoms with E-state index in [1.807, 2.05) is 12.4 Å². The van der Waals surface area contributed by atoms with Gasteiger partial charge in [-0.05, 0) is 95.8 Å². The molecule has 3 heteroatoms. The first kappa shape index (κ1) is 20.6. The molecule has 1 saturated carbocycles. The molecule has 0 saturated heterocycles. The molecule has 3 nitrogen and oxygen atoms in total. The average Bonchev–Trinajstić information content (AvgIpc) is 3.36. The summed E-state index contributed by atoms with van der Waals surface area (Å²) >= 11 is 0. The van der Waals surface area contributed by atoms with E-state index in [0.29, 0.717) is 6.10 Å². The molecule has 32 heavy (non-hydrogen) atoms. The van der Waals surface area contributed by atoms with E-state index in [4.69, 9.17) is 9.47 Å². The van der Waals surface area contributed by atoms with Gasteiger partial charge in [-0.25, -0.2) is 0 Å². The number of hydrogen-bond donors (Lipinski definition) is 0. The van der Waals surface area contributed by atoms with Gasteiger partial charge in [0, 0.05) is 12.4 Å². The van der Waals surface area contributed by atoms with Crippen molar-refractivity contribution >= 4 is 10.8 Å². The molecule has 0 atom stereocenters. The second kappa shape index (κ2) is 9.44. The summed E-state index contributed by atoms with van der Waals surface area (Å²) in [6.07, 6.45) is 10.6. The third-order valence-corrected chi connectivity index (χ3v) is 6.50. The quantitative estimate of drug-likeness (QED) is 0.320. The topological polar surface area (TPSA) is 31.4 Å². The lowest BCUT2D eigenvalue weighted by Gasteiger charge is -2.20. The van der Waals surface area contributed by atoms with Crippen LogP contribution in [0.2, 0.25) is 0 Å². The van der Waals surface area contributed by atoms with E-state index >= 15 is 0 Å². The molecule has 1 aliphatic rings. The summed E-state index contributed by atoms with van der Waals surface area (Å²) in [6, 6.07) is 23.7. The third kappa shape index (κ3) is 4.34. The number of ether oxygens (including phenoxy) is 2. The van der Waals surface area contributed by atoms with E-state index in [2.05, 4.69) is 71.7 Å². The molecule has 1 heterocycles. The molecule has 0 radical (unpaired) electrons. The van der Waals surface area contributed by atoms with Crippen LogP contribution in [0.5, 0.6) is 11.5 Å². The molecule has 0 N–H and O–H groups in total. The molecule has 4 aromatic rings. The molecule has 0 bridgehead atoms. The highest BCUT2D eigenvalue weighted by atomic mass is 16.5. The van der Waals surface area contributed by atoms with E-state index in [-0.39, 0.29) is 0 Å². The molecule has 1 aromatic heterocycles. The summed E-state index contributed by atoms with van der Waals surface area (Å²) in [7, 11) is 1.74. The molecular formula is C29H29NO2. The number of aryl methyl sites for hydroxylation is 2. The van der Waals surface area contributed by atoms with Gasteiger partial charge < -0.3 is 9.47 Å². The minimum Gasteiger partial charge on any atom is -0.493 e. The van der Waals surface area contributed by atoms with Crippen molar-refractivity contribution in [1.82, 2.24) is 4.98 Å². The normalized spacial score (nSPS) is 14.0. The summed E-state index contributed by atoms with van der Waals surface area (Å²) in [5.41, 5.74) is 5.02. The Bertz CT molecular complexity index is 1190. The Kier molecular flexibility index (Phi) is 6.06. The van der Waals surface area contributed by atoms with Crippen molar-refractivity contribution in [1.29, 1.82) is 0 Å². The average molecular weight is 424 g/mol. The van der Waals surface area contributed by atoms with Crippen molar-refractivity contribution in [3.8, 4) is 22.6 Å². The third-order valence-electron chi connectivity index (χ3n) is 6.50. The second-order valence-corrected chi connectivity index (χ2v) is 8.57. The second-order valence-electron chi connectivity index (χ2n) is 8.57. The molecule has 0 aliphatic heterocycles. The largest absolute Gasteiger partial charge is 0.493 e. The molecular weight excluding hydrogens is 394 g/mol. The number of fused-ring (bicyclic) bond motifs is 1. The van der Waals surface area contributed by atoms with Gasteiger partial charge in [0.15, 0.2) is 11.5 Å². The van der Waals surface area contributed by atoms with Crippen molar-refractivity contribution in [2.45, 2.75) is 44.6 Å². The standard InChI is InChI=1S/C29H29NO2/c1-31-28-20-27(26-12-6-8-22-7-2-5-11-25(22)26)23(14-13-21-15-17-30-18-16-21)19-29(28)32-24-9-3-4-10-24/h2,5-8,11-12,15-20,24H,3-4,9-10,13-14H2,1H3. The van der Waals surface area contributed by atoms with Crippen LogP contribution in [0.3, 0.4) is 0 Å². The predicted molar refractivity (Wildman–Crippen MR) is 130 cm³/mol. The van der Waals surface area contributed by atoms with E-state index in [9.17, 15) is 0 Å². The highest BCUT2D eigenvalue weighted by Crippen LogP contribution is 2.40. The number of nitrogens with zero attached hydrogens (tertiary/aromatic N) is 1. The first-order valence-corrected chi connectivity index (χ1v) is 11.6. The van der Waals surface area contributed by atoms with E-state index in [0.717, 1.165) is 37.2 Å². The maximum absolute atomic E-state index is 6.43. The van der Waals surface area contributed by atoms with Gasteiger partial charge in [0.1, 0.15) is 0 Å². The Hall–Kier alpha value is -3.33. The van der Waals surface area contributed by atoms with Crippen LogP contribution in [0, 0.1) is 0 Å². The predicted octanol–water partition coefficient (Wildman–Crippen LogP) is 7.02. The first-order valence-electron chi connectivity index (χ1n) is 11.6. The Labute approximate surface area is 190 Å². The van der Waals surface area contributed by atoms with Crippen molar-refractivity contribution in [3.63, 3.8) is 0 Å². The van der Waals surface area contributed by atoms with Crippen LogP contribution in [-0.4, -0.2) is 18.2 Å². The molecule has 162 valence electrons. The SMILES string of the molecule is COc1cc(-c2cccc3ccccc23)c(CCc2ccncc2)cc1OC1CCCC1. The zero-order chi connectivity index (χ0) is 21.8. The summed E-state index contributed by atoms with van der Waals surface area (Å²) in [6.45, 7) is 0. The fourth-order valence-corrected chi connectivity index (χ4v) is 4.79. The summed E-state index contributed by atoms with van der Waals surface area (Å²) in [5, 5.41) is 2.50. The number of pyridine rings is 1. The van der Waals surface area contributed by atoms with Crippen LogP contribution in [0.15, 0.2) is 79.1 Å². The highest BCUT2D eigenvalue weighted by Gasteiger charge is 2.21. The van der Waals surface area contributed by atoms with Crippen LogP contribution >= 0.6 is 0 Å². The fourth-order valence-electron chi connectivity index (χ4n) is 4.79. The molecule has 0 unspecified atom stereocenters. The summed E-state index contributed by atoms with van der Waals surface area (Å²) in [5.74, 6) is 1.68. The minimum atomic E-state index is 0.292. The molecule has 1 fully saturated rings. The van der Waals surface area contributed by atoms with Crippen LogP contribution in [0.1, 0.15) is 36.8 Å². The van der Waals surface area contributed by atoms with Crippen molar-refractivity contribution in [2.24, 2.45) is 0 Å². The summed E-state index contributed by atoms with van der Waals surface area (Å²) in [4.78, 5) is 4.16. The van der Waals surface area contributed by atoms with E-state index < -0.39 is 0 Å². The lowest BCUT2D eigenvalue weighted by Crippen LogP contribution is -2.12. The molecule has 3 aromatic carbocycles. The Morgan fingerprint density at radius 1 is 0.812 bits per heavy atom. The molecule has 5 rings (SSSR count). The van der Waals surface area contributed by atoms with Gasteiger partial charge in [-0.2, -0.15) is 0 Å². The monoisotopic (exact) mass is 423 g/mol. The maximum atomic E-state index is 6.43. The Balaban J connectivity index is 1.59. The van der Waals surface area contributed by atoms with Gasteiger partial charge in [-0.3, -0.25) is 4.98 Å². The number of hydrogen-bond acceptors (Lipinski definition) is 3. The van der Waals surface area contributed by atoms with Gasteiger partial charge in [0.2, 0.25) is 0 Å². The Morgan fingerprint density at radius 3 is 2.41 bits per heavy atom. The number of methoxy groups -OCH3 is 1. The van der Waals surface area contributed by atoms with Crippen molar-refractivity contribution in [2.75, 3.05) is 7.11 Å². The zero-order valence-corrected chi connectivity index (χ0v) is 18.6. The van der Waals surface area contributed by atoms with E-state index in [1.165, 1.54) is 45.9 Å². The van der Waals surface area contributed by atoms with Crippen molar-refractivity contribution in [3.05, 3.63) is 90.3 Å². The number of aromatic nitrogens is 1. The van der Waals surface area contributed by atoms with Gasteiger partial charge in [-0.15, -0.1) is 0 Å². The van der Waals surface area contributed by atoms with Gasteiger partial charge in [-0.1, -0.05) is 42.5 Å². The number of rotatable bonds is 7. The molecule has 0 spiro atoms. The van der Waals surface area contributed by atoms with E-state index in [1.54, 1.807) is 7.11 Å². The molecule has 1 aliphatic carbocycles. The smallest absolute Gasteiger partial charge is 0.161 e. The minimum absolute atomic E-state index is 0.292. The lowest BCUT2D eigenvalue weighted by molar-refractivity contribution is 0.200. The number of benzene rings is 3. The lowest BCUT2D eigenvalue weighted by atomic mass is 9.91. The summed E-state index contributed by atoms with van der Waals surface area (Å²) < 4.78 is 12.2. The van der Waals surface area contributed by atoms with Gasteiger partial charge in [0.05, 0.1) is 13.2 Å². The zero-order valence-electron chi connectivity index (χ0n) is 18.6. The van der Waals surface area contributed by atoms with Crippen LogP contribution < -0.4 is 9.47 Å². The van der Waals surface area contributed by atoms with Crippen LogP contribution in [0.25, 0.3) is 21.9 Å².